The molecule has 3 N–H and O–H groups in total. The van der Waals surface area contributed by atoms with Crippen LogP contribution in [0.1, 0.15) is 27.2 Å². The normalized spacial score (nSPS) is 17.4. The minimum atomic E-state index is -0.799. The van der Waals surface area contributed by atoms with Crippen molar-refractivity contribution in [2.24, 2.45) is 11.8 Å². The Labute approximate surface area is 85.3 Å². The number of rotatable bonds is 7. The van der Waals surface area contributed by atoms with Crippen LogP contribution in [0, 0.1) is 11.8 Å². The molecular formula is C10H21NO3. The van der Waals surface area contributed by atoms with Gasteiger partial charge in [0.05, 0.1) is 12.0 Å². The molecule has 14 heavy (non-hydrogen) atoms. The summed E-state index contributed by atoms with van der Waals surface area (Å²) in [5, 5.41) is 21.3. The van der Waals surface area contributed by atoms with Crippen LogP contribution in [0.3, 0.4) is 0 Å². The molecule has 84 valence electrons. The Bertz CT molecular complexity index is 171. The van der Waals surface area contributed by atoms with Gasteiger partial charge in [0.2, 0.25) is 0 Å². The number of nitrogens with one attached hydrogen (secondary N) is 1. The highest BCUT2D eigenvalue weighted by molar-refractivity contribution is 5.69. The van der Waals surface area contributed by atoms with Gasteiger partial charge in [-0.25, -0.2) is 0 Å². The van der Waals surface area contributed by atoms with E-state index in [0.717, 1.165) is 6.54 Å². The average Bonchev–Trinajstić information content (AvgIpc) is 2.10. The van der Waals surface area contributed by atoms with E-state index in [9.17, 15) is 9.90 Å². The summed E-state index contributed by atoms with van der Waals surface area (Å²) in [6, 6.07) is 0. The molecule has 0 radical (unpaired) electrons. The van der Waals surface area contributed by atoms with Gasteiger partial charge in [-0.3, -0.25) is 4.79 Å². The first-order valence-corrected chi connectivity index (χ1v) is 5.10. The van der Waals surface area contributed by atoms with Gasteiger partial charge in [-0.1, -0.05) is 13.8 Å². The fourth-order valence-electron chi connectivity index (χ4n) is 1.34. The highest BCUT2D eigenvalue weighted by Gasteiger charge is 2.21. The van der Waals surface area contributed by atoms with Gasteiger partial charge in [0.1, 0.15) is 0 Å². The van der Waals surface area contributed by atoms with Crippen molar-refractivity contribution in [2.45, 2.75) is 33.3 Å². The van der Waals surface area contributed by atoms with E-state index in [1.54, 1.807) is 13.8 Å². The fourth-order valence-corrected chi connectivity index (χ4v) is 1.34. The summed E-state index contributed by atoms with van der Waals surface area (Å²) in [6.07, 6.45) is 0.0517. The summed E-state index contributed by atoms with van der Waals surface area (Å²) in [7, 11) is 0. The molecule has 3 atom stereocenters. The molecule has 0 aliphatic carbocycles. The molecule has 4 heteroatoms. The Kier molecular flexibility index (Phi) is 6.49. The van der Waals surface area contributed by atoms with Crippen LogP contribution in [0.4, 0.5) is 0 Å². The second kappa shape index (κ2) is 6.79. The van der Waals surface area contributed by atoms with E-state index in [2.05, 4.69) is 5.32 Å². The number of aliphatic carboxylic acids is 1. The fraction of sp³-hybridized carbons (Fsp3) is 0.900. The molecule has 0 fully saturated rings. The first-order valence-electron chi connectivity index (χ1n) is 5.10. The predicted molar refractivity (Wildman–Crippen MR) is 55.1 cm³/mol. The number of aliphatic hydroxyl groups excluding tert-OH is 1. The maximum absolute atomic E-state index is 10.6. The van der Waals surface area contributed by atoms with Crippen LogP contribution in [-0.2, 0) is 4.79 Å². The first-order chi connectivity index (χ1) is 6.49. The number of carbonyl (C=O) groups is 1. The monoisotopic (exact) mass is 203 g/mol. The van der Waals surface area contributed by atoms with Gasteiger partial charge in [-0.05, 0) is 25.8 Å². The summed E-state index contributed by atoms with van der Waals surface area (Å²) < 4.78 is 0. The number of hydrogen-bond acceptors (Lipinski definition) is 3. The van der Waals surface area contributed by atoms with E-state index in [4.69, 9.17) is 5.11 Å². The molecule has 0 aliphatic heterocycles. The second-order valence-corrected chi connectivity index (χ2v) is 3.78. The van der Waals surface area contributed by atoms with Crippen molar-refractivity contribution in [1.82, 2.24) is 5.32 Å². The van der Waals surface area contributed by atoms with Crippen LogP contribution in [0.5, 0.6) is 0 Å². The van der Waals surface area contributed by atoms with Crippen molar-refractivity contribution in [3.05, 3.63) is 0 Å². The van der Waals surface area contributed by atoms with Gasteiger partial charge < -0.3 is 15.5 Å². The summed E-state index contributed by atoms with van der Waals surface area (Å²) in [4.78, 5) is 10.6. The van der Waals surface area contributed by atoms with Crippen LogP contribution in [0.15, 0.2) is 0 Å². The molecule has 0 saturated carbocycles. The molecule has 0 aromatic carbocycles. The molecule has 0 aromatic rings. The van der Waals surface area contributed by atoms with Gasteiger partial charge in [0, 0.05) is 6.54 Å². The summed E-state index contributed by atoms with van der Waals surface area (Å²) in [6.45, 7) is 6.87. The van der Waals surface area contributed by atoms with Gasteiger partial charge in [0.15, 0.2) is 0 Å². The molecule has 0 bridgehead atoms. The van der Waals surface area contributed by atoms with Crippen molar-refractivity contribution >= 4 is 5.97 Å². The summed E-state index contributed by atoms with van der Waals surface area (Å²) in [5.41, 5.74) is 0. The predicted octanol–water partition coefficient (Wildman–Crippen LogP) is 0.704. The standard InChI is InChI=1S/C10H21NO3/c1-4-11-6-9(8(3)12)5-7(2)10(13)14/h7-9,11-12H,4-6H2,1-3H3,(H,13,14). The molecule has 0 spiro atoms. The van der Waals surface area contributed by atoms with E-state index in [0.29, 0.717) is 13.0 Å². The molecule has 3 unspecified atom stereocenters. The minimum Gasteiger partial charge on any atom is -0.481 e. The third-order valence-corrected chi connectivity index (χ3v) is 2.42. The van der Waals surface area contributed by atoms with Gasteiger partial charge in [-0.15, -0.1) is 0 Å². The van der Waals surface area contributed by atoms with Crippen LogP contribution >= 0.6 is 0 Å². The molecule has 0 amide bonds. The quantitative estimate of drug-likeness (QED) is 0.570. The lowest BCUT2D eigenvalue weighted by molar-refractivity contribution is -0.141. The van der Waals surface area contributed by atoms with E-state index >= 15 is 0 Å². The van der Waals surface area contributed by atoms with Crippen molar-refractivity contribution in [3.8, 4) is 0 Å². The maximum Gasteiger partial charge on any atom is 0.306 e. The maximum atomic E-state index is 10.6. The van der Waals surface area contributed by atoms with Crippen molar-refractivity contribution in [2.75, 3.05) is 13.1 Å². The van der Waals surface area contributed by atoms with Crippen LogP contribution in [0.2, 0.25) is 0 Å². The third kappa shape index (κ3) is 5.19. The summed E-state index contributed by atoms with van der Waals surface area (Å²) >= 11 is 0. The molecule has 0 aliphatic rings. The number of hydrogen-bond donors (Lipinski definition) is 3. The van der Waals surface area contributed by atoms with Crippen molar-refractivity contribution in [3.63, 3.8) is 0 Å². The van der Waals surface area contributed by atoms with Gasteiger partial charge >= 0.3 is 5.97 Å². The highest BCUT2D eigenvalue weighted by Crippen LogP contribution is 2.15. The zero-order valence-corrected chi connectivity index (χ0v) is 9.16. The topological polar surface area (TPSA) is 69.6 Å². The molecule has 4 nitrogen and oxygen atoms in total. The number of carboxylic acid groups (broad SMARTS) is 1. The van der Waals surface area contributed by atoms with Crippen molar-refractivity contribution in [1.29, 1.82) is 0 Å². The van der Waals surface area contributed by atoms with Crippen LogP contribution < -0.4 is 5.32 Å². The lowest BCUT2D eigenvalue weighted by Gasteiger charge is -2.21. The smallest absolute Gasteiger partial charge is 0.306 e. The Morgan fingerprint density at radius 1 is 1.43 bits per heavy atom. The molecule has 0 heterocycles. The number of aliphatic hydroxyl groups is 1. The number of carboxylic acids is 1. The van der Waals surface area contributed by atoms with E-state index in [1.165, 1.54) is 0 Å². The Morgan fingerprint density at radius 2 is 2.00 bits per heavy atom. The molecule has 0 saturated heterocycles. The molecular weight excluding hydrogens is 182 g/mol. The lowest BCUT2D eigenvalue weighted by atomic mass is 9.92. The first kappa shape index (κ1) is 13.4. The Hall–Kier alpha value is -0.610. The van der Waals surface area contributed by atoms with Gasteiger partial charge in [-0.2, -0.15) is 0 Å². The van der Waals surface area contributed by atoms with Crippen molar-refractivity contribution < 1.29 is 15.0 Å². The zero-order chi connectivity index (χ0) is 11.1. The lowest BCUT2D eigenvalue weighted by Crippen LogP contribution is -2.32. The van der Waals surface area contributed by atoms with Gasteiger partial charge in [0.25, 0.3) is 0 Å². The second-order valence-electron chi connectivity index (χ2n) is 3.78. The van der Waals surface area contributed by atoms with Crippen LogP contribution in [-0.4, -0.2) is 35.4 Å². The van der Waals surface area contributed by atoms with E-state index < -0.39 is 18.0 Å². The van der Waals surface area contributed by atoms with E-state index in [1.807, 2.05) is 6.92 Å². The molecule has 0 rings (SSSR count). The zero-order valence-electron chi connectivity index (χ0n) is 9.16. The van der Waals surface area contributed by atoms with Crippen LogP contribution in [0.25, 0.3) is 0 Å². The SMILES string of the molecule is CCNCC(CC(C)C(=O)O)C(C)O. The largest absolute Gasteiger partial charge is 0.481 e. The molecule has 0 aromatic heterocycles. The Morgan fingerprint density at radius 3 is 2.36 bits per heavy atom. The summed E-state index contributed by atoms with van der Waals surface area (Å²) in [5.74, 6) is -1.18. The third-order valence-electron chi connectivity index (χ3n) is 2.42. The highest BCUT2D eigenvalue weighted by atomic mass is 16.4. The average molecular weight is 203 g/mol. The van der Waals surface area contributed by atoms with E-state index in [-0.39, 0.29) is 5.92 Å². The minimum absolute atomic E-state index is 0.0149. The Balaban J connectivity index is 4.02.